The van der Waals surface area contributed by atoms with Gasteiger partial charge < -0.3 is 5.32 Å². The van der Waals surface area contributed by atoms with E-state index in [-0.39, 0.29) is 13.1 Å². The molecule has 6 heteroatoms. The third-order valence-electron chi connectivity index (χ3n) is 2.74. The van der Waals surface area contributed by atoms with E-state index < -0.39 is 18.5 Å². The van der Waals surface area contributed by atoms with Crippen molar-refractivity contribution in [2.24, 2.45) is 0 Å². The molecule has 2 nitrogen and oxygen atoms in total. The van der Waals surface area contributed by atoms with Crippen molar-refractivity contribution in [3.8, 4) is 0 Å². The van der Waals surface area contributed by atoms with Gasteiger partial charge in [0.25, 0.3) is 0 Å². The molecular weight excluding hydrogens is 260 g/mol. The van der Waals surface area contributed by atoms with Crippen molar-refractivity contribution in [1.29, 1.82) is 0 Å². The van der Waals surface area contributed by atoms with Crippen LogP contribution in [-0.4, -0.2) is 31.2 Å². The van der Waals surface area contributed by atoms with Gasteiger partial charge in [-0.25, -0.2) is 4.39 Å². The van der Waals surface area contributed by atoms with Gasteiger partial charge in [-0.1, -0.05) is 19.1 Å². The van der Waals surface area contributed by atoms with Gasteiger partial charge in [-0.15, -0.1) is 0 Å². The standard InChI is InChI=1S/C13H18F4N2/c1-3-19(9-13(15,16)17)8-11-6-10(7-18-2)4-5-12(11)14/h4-6,18H,3,7-9H2,1-2H3. The summed E-state index contributed by atoms with van der Waals surface area (Å²) in [6.07, 6.45) is -4.27. The summed E-state index contributed by atoms with van der Waals surface area (Å²) in [6, 6.07) is 4.52. The number of hydrogen-bond donors (Lipinski definition) is 1. The number of benzene rings is 1. The van der Waals surface area contributed by atoms with E-state index in [9.17, 15) is 17.6 Å². The second-order valence-electron chi connectivity index (χ2n) is 4.37. The summed E-state index contributed by atoms with van der Waals surface area (Å²) in [5.41, 5.74) is 1.14. The lowest BCUT2D eigenvalue weighted by molar-refractivity contribution is -0.146. The Balaban J connectivity index is 2.81. The van der Waals surface area contributed by atoms with Crippen LogP contribution >= 0.6 is 0 Å². The second kappa shape index (κ2) is 6.86. The maximum absolute atomic E-state index is 13.6. The fourth-order valence-corrected chi connectivity index (χ4v) is 1.84. The van der Waals surface area contributed by atoms with E-state index >= 15 is 0 Å². The highest BCUT2D eigenvalue weighted by Crippen LogP contribution is 2.19. The van der Waals surface area contributed by atoms with Crippen molar-refractivity contribution in [1.82, 2.24) is 10.2 Å². The third-order valence-corrected chi connectivity index (χ3v) is 2.74. The molecule has 0 radical (unpaired) electrons. The number of halogens is 4. The molecule has 0 spiro atoms. The molecule has 108 valence electrons. The van der Waals surface area contributed by atoms with Crippen LogP contribution in [0.25, 0.3) is 0 Å². The lowest BCUT2D eigenvalue weighted by atomic mass is 10.1. The van der Waals surface area contributed by atoms with Crippen LogP contribution in [0.3, 0.4) is 0 Å². The molecule has 1 aromatic carbocycles. The van der Waals surface area contributed by atoms with Crippen LogP contribution in [0.4, 0.5) is 17.6 Å². The normalized spacial score (nSPS) is 12.2. The Labute approximate surface area is 110 Å². The third kappa shape index (κ3) is 5.57. The zero-order chi connectivity index (χ0) is 14.5. The van der Waals surface area contributed by atoms with E-state index in [0.717, 1.165) is 5.56 Å². The zero-order valence-electron chi connectivity index (χ0n) is 11.0. The SMILES string of the molecule is CCN(Cc1cc(CNC)ccc1F)CC(F)(F)F. The highest BCUT2D eigenvalue weighted by molar-refractivity contribution is 5.25. The molecule has 0 aromatic heterocycles. The largest absolute Gasteiger partial charge is 0.401 e. The summed E-state index contributed by atoms with van der Waals surface area (Å²) in [5.74, 6) is -0.472. The molecule has 19 heavy (non-hydrogen) atoms. The molecule has 0 aliphatic rings. The Hall–Kier alpha value is -1.14. The average molecular weight is 278 g/mol. The first-order valence-corrected chi connectivity index (χ1v) is 6.06. The van der Waals surface area contributed by atoms with Crippen molar-refractivity contribution in [2.75, 3.05) is 20.1 Å². The van der Waals surface area contributed by atoms with E-state index in [1.54, 1.807) is 26.1 Å². The second-order valence-corrected chi connectivity index (χ2v) is 4.37. The smallest absolute Gasteiger partial charge is 0.316 e. The van der Waals surface area contributed by atoms with Crippen LogP contribution < -0.4 is 5.32 Å². The first kappa shape index (κ1) is 15.9. The number of rotatable bonds is 6. The molecule has 1 N–H and O–H groups in total. The molecule has 0 saturated carbocycles. The summed E-state index contributed by atoms with van der Waals surface area (Å²) >= 11 is 0. The molecule has 1 rings (SSSR count). The molecular formula is C13H18F4N2. The van der Waals surface area contributed by atoms with Crippen LogP contribution in [0, 0.1) is 5.82 Å². The Bertz CT molecular complexity index is 404. The molecule has 0 bridgehead atoms. The highest BCUT2D eigenvalue weighted by atomic mass is 19.4. The number of alkyl halides is 3. The predicted molar refractivity (Wildman–Crippen MR) is 66.2 cm³/mol. The van der Waals surface area contributed by atoms with Gasteiger partial charge in [-0.05, 0) is 25.2 Å². The van der Waals surface area contributed by atoms with Crippen LogP contribution in [0.5, 0.6) is 0 Å². The van der Waals surface area contributed by atoms with Gasteiger partial charge in [0.2, 0.25) is 0 Å². The fraction of sp³-hybridized carbons (Fsp3) is 0.538. The first-order valence-electron chi connectivity index (χ1n) is 6.06. The quantitative estimate of drug-likeness (QED) is 0.805. The summed E-state index contributed by atoms with van der Waals surface area (Å²) in [6.45, 7) is 1.33. The summed E-state index contributed by atoms with van der Waals surface area (Å²) in [7, 11) is 1.75. The molecule has 0 aliphatic heterocycles. The van der Waals surface area contributed by atoms with Crippen LogP contribution in [0.2, 0.25) is 0 Å². The van der Waals surface area contributed by atoms with Gasteiger partial charge in [0.05, 0.1) is 6.54 Å². The minimum Gasteiger partial charge on any atom is -0.316 e. The van der Waals surface area contributed by atoms with E-state index in [2.05, 4.69) is 5.32 Å². The van der Waals surface area contributed by atoms with Crippen molar-refractivity contribution in [3.63, 3.8) is 0 Å². The van der Waals surface area contributed by atoms with Gasteiger partial charge in [-0.3, -0.25) is 4.90 Å². The fourth-order valence-electron chi connectivity index (χ4n) is 1.84. The topological polar surface area (TPSA) is 15.3 Å². The zero-order valence-corrected chi connectivity index (χ0v) is 11.0. The van der Waals surface area contributed by atoms with Crippen molar-refractivity contribution >= 4 is 0 Å². The average Bonchev–Trinajstić information content (AvgIpc) is 2.31. The lowest BCUT2D eigenvalue weighted by Crippen LogP contribution is -2.33. The molecule has 0 amide bonds. The molecule has 0 heterocycles. The summed E-state index contributed by atoms with van der Waals surface area (Å²) in [5, 5.41) is 2.92. The number of nitrogens with one attached hydrogen (secondary N) is 1. The van der Waals surface area contributed by atoms with E-state index in [4.69, 9.17) is 0 Å². The van der Waals surface area contributed by atoms with Gasteiger partial charge in [0.15, 0.2) is 0 Å². The molecule has 0 fully saturated rings. The van der Waals surface area contributed by atoms with Gasteiger partial charge in [0, 0.05) is 18.7 Å². The molecule has 0 aliphatic carbocycles. The Kier molecular flexibility index (Phi) is 5.75. The first-order chi connectivity index (χ1) is 8.85. The number of hydrogen-bond acceptors (Lipinski definition) is 2. The highest BCUT2D eigenvalue weighted by Gasteiger charge is 2.30. The maximum atomic E-state index is 13.6. The van der Waals surface area contributed by atoms with Crippen molar-refractivity contribution < 1.29 is 17.6 Å². The molecule has 0 unspecified atom stereocenters. The summed E-state index contributed by atoms with van der Waals surface area (Å²) < 4.78 is 50.7. The number of nitrogens with zero attached hydrogens (tertiary/aromatic N) is 1. The molecule has 0 saturated heterocycles. The monoisotopic (exact) mass is 278 g/mol. The van der Waals surface area contributed by atoms with Gasteiger partial charge in [0.1, 0.15) is 5.82 Å². The molecule has 0 atom stereocenters. The lowest BCUT2D eigenvalue weighted by Gasteiger charge is -2.22. The minimum absolute atomic E-state index is 0.0423. The van der Waals surface area contributed by atoms with Gasteiger partial charge in [-0.2, -0.15) is 13.2 Å². The van der Waals surface area contributed by atoms with Gasteiger partial charge >= 0.3 is 6.18 Å². The van der Waals surface area contributed by atoms with Crippen LogP contribution in [0.1, 0.15) is 18.1 Å². The minimum atomic E-state index is -4.27. The van der Waals surface area contributed by atoms with Crippen LogP contribution in [0.15, 0.2) is 18.2 Å². The van der Waals surface area contributed by atoms with E-state index in [1.807, 2.05) is 0 Å². The van der Waals surface area contributed by atoms with Crippen molar-refractivity contribution in [3.05, 3.63) is 35.1 Å². The van der Waals surface area contributed by atoms with Crippen LogP contribution in [-0.2, 0) is 13.1 Å². The van der Waals surface area contributed by atoms with E-state index in [0.29, 0.717) is 12.1 Å². The Morgan fingerprint density at radius 1 is 1.26 bits per heavy atom. The Morgan fingerprint density at radius 2 is 1.95 bits per heavy atom. The predicted octanol–water partition coefficient (Wildman–Crippen LogP) is 2.93. The maximum Gasteiger partial charge on any atom is 0.401 e. The summed E-state index contributed by atoms with van der Waals surface area (Å²) in [4.78, 5) is 1.17. The molecule has 1 aromatic rings. The van der Waals surface area contributed by atoms with Crippen molar-refractivity contribution in [2.45, 2.75) is 26.2 Å². The Morgan fingerprint density at radius 3 is 2.47 bits per heavy atom. The van der Waals surface area contributed by atoms with E-state index in [1.165, 1.54) is 11.0 Å².